The molecule has 0 unspecified atom stereocenters. The highest BCUT2D eigenvalue weighted by Crippen LogP contribution is 2.32. The molecule has 2 aromatic rings. The first kappa shape index (κ1) is 22.0. The minimum absolute atomic E-state index is 0.215. The Kier molecular flexibility index (Phi) is 6.69. The van der Waals surface area contributed by atoms with Gasteiger partial charge in [-0.3, -0.25) is 4.79 Å². The van der Waals surface area contributed by atoms with Crippen LogP contribution in [0, 0.1) is 0 Å². The fraction of sp³-hybridized carbons (Fsp3) is 0.500. The fourth-order valence-corrected chi connectivity index (χ4v) is 4.95. The highest BCUT2D eigenvalue weighted by atomic mass is 16.6. The predicted octanol–water partition coefficient (Wildman–Crippen LogP) is 3.00. The van der Waals surface area contributed by atoms with E-state index >= 15 is 0 Å². The second kappa shape index (κ2) is 10.0. The number of carbonyl (C=O) groups excluding carboxylic acids is 1. The van der Waals surface area contributed by atoms with Crippen LogP contribution in [0.5, 0.6) is 17.2 Å². The summed E-state index contributed by atoms with van der Waals surface area (Å²) in [7, 11) is 1.67. The molecule has 7 nitrogen and oxygen atoms in total. The number of anilines is 1. The summed E-state index contributed by atoms with van der Waals surface area (Å²) in [5, 5.41) is 3.70. The second-order valence-corrected chi connectivity index (χ2v) is 9.01. The Morgan fingerprint density at radius 2 is 1.82 bits per heavy atom. The van der Waals surface area contributed by atoms with E-state index in [-0.39, 0.29) is 5.91 Å². The third kappa shape index (κ3) is 5.09. The van der Waals surface area contributed by atoms with Crippen LogP contribution in [-0.2, 0) is 17.8 Å². The normalized spacial score (nSPS) is 18.8. The largest absolute Gasteiger partial charge is 0.497 e. The van der Waals surface area contributed by atoms with Gasteiger partial charge in [-0.25, -0.2) is 0 Å². The van der Waals surface area contributed by atoms with E-state index in [2.05, 4.69) is 28.4 Å². The van der Waals surface area contributed by atoms with Gasteiger partial charge in [-0.15, -0.1) is 0 Å². The summed E-state index contributed by atoms with van der Waals surface area (Å²) in [4.78, 5) is 17.1. The molecule has 0 atom stereocenters. The first-order chi connectivity index (χ1) is 16.2. The summed E-state index contributed by atoms with van der Waals surface area (Å²) in [5.41, 5.74) is 3.47. The van der Waals surface area contributed by atoms with Crippen molar-refractivity contribution in [2.75, 3.05) is 51.4 Å². The van der Waals surface area contributed by atoms with Gasteiger partial charge in [0.2, 0.25) is 5.91 Å². The van der Waals surface area contributed by atoms with Crippen LogP contribution >= 0.6 is 0 Å². The van der Waals surface area contributed by atoms with Crippen molar-refractivity contribution >= 4 is 11.6 Å². The van der Waals surface area contributed by atoms with E-state index in [0.29, 0.717) is 25.7 Å². The SMILES string of the molecule is COc1ccc2c(c1)N(CCN1CCC(NCc3ccc4c(c3)OCCO4)CC1)C(=O)CC2. The minimum Gasteiger partial charge on any atom is -0.497 e. The first-order valence-electron chi connectivity index (χ1n) is 12.0. The van der Waals surface area contributed by atoms with Crippen LogP contribution in [0.15, 0.2) is 36.4 Å². The third-order valence-corrected chi connectivity index (χ3v) is 6.92. The summed E-state index contributed by atoms with van der Waals surface area (Å²) in [6.45, 7) is 5.80. The maximum atomic E-state index is 12.6. The van der Waals surface area contributed by atoms with Crippen molar-refractivity contribution in [2.45, 2.75) is 38.3 Å². The number of aryl methyl sites for hydroxylation is 1. The topological polar surface area (TPSA) is 63.3 Å². The number of likely N-dealkylation sites (tertiary alicyclic amines) is 1. The number of carbonyl (C=O) groups is 1. The van der Waals surface area contributed by atoms with Crippen LogP contribution in [0.3, 0.4) is 0 Å². The van der Waals surface area contributed by atoms with Gasteiger partial charge in [0.25, 0.3) is 0 Å². The lowest BCUT2D eigenvalue weighted by molar-refractivity contribution is -0.119. The van der Waals surface area contributed by atoms with Gasteiger partial charge in [0.15, 0.2) is 11.5 Å². The number of hydrogen-bond donors (Lipinski definition) is 1. The highest BCUT2D eigenvalue weighted by Gasteiger charge is 2.26. The van der Waals surface area contributed by atoms with Gasteiger partial charge in [-0.1, -0.05) is 12.1 Å². The Labute approximate surface area is 195 Å². The van der Waals surface area contributed by atoms with Crippen molar-refractivity contribution in [1.29, 1.82) is 0 Å². The molecular weight excluding hydrogens is 418 g/mol. The molecule has 3 heterocycles. The lowest BCUT2D eigenvalue weighted by Crippen LogP contribution is -2.46. The van der Waals surface area contributed by atoms with Crippen molar-refractivity contribution in [1.82, 2.24) is 10.2 Å². The molecule has 1 saturated heterocycles. The molecule has 1 amide bonds. The highest BCUT2D eigenvalue weighted by molar-refractivity contribution is 5.96. The Morgan fingerprint density at radius 1 is 1.00 bits per heavy atom. The molecule has 0 saturated carbocycles. The van der Waals surface area contributed by atoms with Crippen LogP contribution < -0.4 is 24.4 Å². The van der Waals surface area contributed by atoms with E-state index < -0.39 is 0 Å². The fourth-order valence-electron chi connectivity index (χ4n) is 4.95. The van der Waals surface area contributed by atoms with Crippen molar-refractivity contribution < 1.29 is 19.0 Å². The lowest BCUT2D eigenvalue weighted by Gasteiger charge is -2.35. The summed E-state index contributed by atoms with van der Waals surface area (Å²) >= 11 is 0. The molecule has 0 aromatic heterocycles. The molecule has 33 heavy (non-hydrogen) atoms. The number of nitrogens with one attached hydrogen (secondary N) is 1. The van der Waals surface area contributed by atoms with Crippen LogP contribution in [0.1, 0.15) is 30.4 Å². The van der Waals surface area contributed by atoms with E-state index in [1.54, 1.807) is 7.11 Å². The van der Waals surface area contributed by atoms with E-state index in [4.69, 9.17) is 14.2 Å². The zero-order valence-corrected chi connectivity index (χ0v) is 19.3. The van der Waals surface area contributed by atoms with E-state index in [1.165, 1.54) is 11.1 Å². The molecule has 3 aliphatic heterocycles. The molecule has 7 heteroatoms. The van der Waals surface area contributed by atoms with Crippen LogP contribution in [0.4, 0.5) is 5.69 Å². The van der Waals surface area contributed by atoms with Crippen molar-refractivity contribution in [3.05, 3.63) is 47.5 Å². The smallest absolute Gasteiger partial charge is 0.227 e. The number of fused-ring (bicyclic) bond motifs is 2. The molecule has 5 rings (SSSR count). The number of methoxy groups -OCH3 is 1. The third-order valence-electron chi connectivity index (χ3n) is 6.92. The molecule has 1 N–H and O–H groups in total. The van der Waals surface area contributed by atoms with Crippen LogP contribution in [0.2, 0.25) is 0 Å². The number of piperidine rings is 1. The number of amides is 1. The van der Waals surface area contributed by atoms with Crippen molar-refractivity contribution in [3.63, 3.8) is 0 Å². The average molecular weight is 452 g/mol. The van der Waals surface area contributed by atoms with Gasteiger partial charge in [-0.2, -0.15) is 0 Å². The molecule has 3 aliphatic rings. The molecule has 0 radical (unpaired) electrons. The zero-order valence-electron chi connectivity index (χ0n) is 19.3. The van der Waals surface area contributed by atoms with Gasteiger partial charge in [-0.05, 0) is 61.7 Å². The van der Waals surface area contributed by atoms with Gasteiger partial charge in [0.1, 0.15) is 19.0 Å². The number of hydrogen-bond acceptors (Lipinski definition) is 6. The average Bonchev–Trinajstić information content (AvgIpc) is 2.87. The molecule has 0 spiro atoms. The van der Waals surface area contributed by atoms with E-state index in [0.717, 1.165) is 74.9 Å². The van der Waals surface area contributed by atoms with Gasteiger partial charge in [0, 0.05) is 38.2 Å². The monoisotopic (exact) mass is 451 g/mol. The van der Waals surface area contributed by atoms with Gasteiger partial charge < -0.3 is 29.3 Å². The zero-order chi connectivity index (χ0) is 22.6. The molecule has 176 valence electrons. The lowest BCUT2D eigenvalue weighted by atomic mass is 10.0. The minimum atomic E-state index is 0.215. The van der Waals surface area contributed by atoms with Crippen LogP contribution in [-0.4, -0.2) is 63.4 Å². The predicted molar refractivity (Wildman–Crippen MR) is 127 cm³/mol. The Balaban J connectivity index is 1.09. The summed E-state index contributed by atoms with van der Waals surface area (Å²) < 4.78 is 16.7. The molecule has 2 aromatic carbocycles. The first-order valence-corrected chi connectivity index (χ1v) is 12.0. The van der Waals surface area contributed by atoms with E-state index in [9.17, 15) is 4.79 Å². The summed E-state index contributed by atoms with van der Waals surface area (Å²) in [6.07, 6.45) is 3.63. The summed E-state index contributed by atoms with van der Waals surface area (Å²) in [5.74, 6) is 2.71. The molecular formula is C26H33N3O4. The van der Waals surface area contributed by atoms with Crippen molar-refractivity contribution in [2.24, 2.45) is 0 Å². The van der Waals surface area contributed by atoms with Gasteiger partial charge >= 0.3 is 0 Å². The Hall–Kier alpha value is -2.77. The molecule has 0 bridgehead atoms. The number of benzene rings is 2. The maximum Gasteiger partial charge on any atom is 0.227 e. The van der Waals surface area contributed by atoms with Crippen LogP contribution in [0.25, 0.3) is 0 Å². The Bertz CT molecular complexity index is 987. The van der Waals surface area contributed by atoms with Gasteiger partial charge in [0.05, 0.1) is 12.8 Å². The number of rotatable bonds is 7. The second-order valence-electron chi connectivity index (χ2n) is 9.01. The molecule has 1 fully saturated rings. The standard InChI is InChI=1S/C26H33N3O4/c1-31-22-5-3-20-4-7-26(30)29(23(20)17-22)13-12-28-10-8-21(9-11-28)27-18-19-2-6-24-25(16-19)33-15-14-32-24/h2-3,5-6,16-17,21,27H,4,7-15,18H2,1H3. The maximum absolute atomic E-state index is 12.6. The Morgan fingerprint density at radius 3 is 2.64 bits per heavy atom. The summed E-state index contributed by atoms with van der Waals surface area (Å²) in [6, 6.07) is 12.8. The van der Waals surface area contributed by atoms with Crippen molar-refractivity contribution in [3.8, 4) is 17.2 Å². The quantitative estimate of drug-likeness (QED) is 0.698. The molecule has 0 aliphatic carbocycles. The van der Waals surface area contributed by atoms with E-state index in [1.807, 2.05) is 23.1 Å². The number of ether oxygens (including phenoxy) is 3. The number of nitrogens with zero attached hydrogens (tertiary/aromatic N) is 2.